The third-order valence-corrected chi connectivity index (χ3v) is 7.07. The number of hydrogen-bond acceptors (Lipinski definition) is 5. The summed E-state index contributed by atoms with van der Waals surface area (Å²) in [6, 6.07) is 23.7. The number of ether oxygens (including phenoxy) is 1. The summed E-state index contributed by atoms with van der Waals surface area (Å²) in [6.45, 7) is 1.95. The SMILES string of the molecule is COc1cccc(C[C@@H]2S/C(=C(/C#N)C(=O)Nc3ccccc3Cl)N(c3ccc(C)cc3)C2=O)c1. The number of rotatable bonds is 6. The van der Waals surface area contributed by atoms with Crippen molar-refractivity contribution < 1.29 is 14.3 Å². The number of thioether (sulfide) groups is 1. The maximum absolute atomic E-state index is 13.6. The van der Waals surface area contributed by atoms with Crippen LogP contribution in [0.5, 0.6) is 5.75 Å². The van der Waals surface area contributed by atoms with Crippen LogP contribution in [0.25, 0.3) is 0 Å². The lowest BCUT2D eigenvalue weighted by atomic mass is 10.1. The van der Waals surface area contributed by atoms with Gasteiger partial charge in [0.2, 0.25) is 5.91 Å². The quantitative estimate of drug-likeness (QED) is 0.343. The van der Waals surface area contributed by atoms with Crippen molar-refractivity contribution in [2.24, 2.45) is 0 Å². The number of anilines is 2. The average molecular weight is 504 g/mol. The summed E-state index contributed by atoms with van der Waals surface area (Å²) in [5.74, 6) is -0.133. The van der Waals surface area contributed by atoms with E-state index in [4.69, 9.17) is 16.3 Å². The van der Waals surface area contributed by atoms with Gasteiger partial charge in [0.05, 0.1) is 23.1 Å². The standard InChI is InChI=1S/C27H22ClN3O3S/c1-17-10-12-19(13-11-17)31-26(33)24(15-18-6-5-7-20(14-18)34-2)35-27(31)21(16-29)25(32)30-23-9-4-3-8-22(23)28/h3-14,24H,15H2,1-2H3,(H,30,32)/b27-21-/t24-/m0/s1. The molecule has 1 aliphatic rings. The Morgan fingerprint density at radius 1 is 1.14 bits per heavy atom. The summed E-state index contributed by atoms with van der Waals surface area (Å²) < 4.78 is 5.30. The van der Waals surface area contributed by atoms with Gasteiger partial charge in [0.1, 0.15) is 22.4 Å². The molecule has 1 fully saturated rings. The van der Waals surface area contributed by atoms with E-state index in [1.165, 1.54) is 16.7 Å². The Labute approximate surface area is 213 Å². The van der Waals surface area contributed by atoms with Gasteiger partial charge in [0.15, 0.2) is 0 Å². The maximum Gasteiger partial charge on any atom is 0.269 e. The molecule has 1 saturated heterocycles. The van der Waals surface area contributed by atoms with Crippen LogP contribution in [0.15, 0.2) is 83.4 Å². The highest BCUT2D eigenvalue weighted by molar-refractivity contribution is 8.05. The van der Waals surface area contributed by atoms with E-state index in [2.05, 4.69) is 5.32 Å². The van der Waals surface area contributed by atoms with Crippen LogP contribution in [-0.2, 0) is 16.0 Å². The molecular formula is C27H22ClN3O3S. The van der Waals surface area contributed by atoms with Gasteiger partial charge >= 0.3 is 0 Å². The van der Waals surface area contributed by atoms with Crippen molar-refractivity contribution in [3.63, 3.8) is 0 Å². The van der Waals surface area contributed by atoms with Gasteiger partial charge in [-0.05, 0) is 55.3 Å². The van der Waals surface area contributed by atoms with Gasteiger partial charge < -0.3 is 10.1 Å². The number of carbonyl (C=O) groups excluding carboxylic acids is 2. The van der Waals surface area contributed by atoms with Gasteiger partial charge in [-0.15, -0.1) is 0 Å². The Kier molecular flexibility index (Phi) is 7.45. The van der Waals surface area contributed by atoms with Crippen LogP contribution in [0, 0.1) is 18.3 Å². The second-order valence-electron chi connectivity index (χ2n) is 7.90. The largest absolute Gasteiger partial charge is 0.497 e. The van der Waals surface area contributed by atoms with Gasteiger partial charge in [-0.3, -0.25) is 14.5 Å². The van der Waals surface area contributed by atoms with Crippen molar-refractivity contribution in [2.45, 2.75) is 18.6 Å². The molecule has 0 aromatic heterocycles. The number of nitrogens with one attached hydrogen (secondary N) is 1. The number of amides is 2. The van der Waals surface area contributed by atoms with E-state index in [9.17, 15) is 14.9 Å². The second-order valence-corrected chi connectivity index (χ2v) is 9.50. The van der Waals surface area contributed by atoms with Crippen molar-refractivity contribution in [3.8, 4) is 11.8 Å². The minimum atomic E-state index is -0.630. The summed E-state index contributed by atoms with van der Waals surface area (Å²) in [5, 5.41) is 12.8. The normalized spacial score (nSPS) is 16.6. The van der Waals surface area contributed by atoms with E-state index in [1.807, 2.05) is 61.5 Å². The van der Waals surface area contributed by atoms with Gasteiger partial charge in [-0.2, -0.15) is 5.26 Å². The van der Waals surface area contributed by atoms with E-state index in [-0.39, 0.29) is 11.5 Å². The van der Waals surface area contributed by atoms with E-state index < -0.39 is 11.2 Å². The summed E-state index contributed by atoms with van der Waals surface area (Å²) in [5.41, 5.74) is 2.77. The highest BCUT2D eigenvalue weighted by Crippen LogP contribution is 2.42. The monoisotopic (exact) mass is 503 g/mol. The predicted molar refractivity (Wildman–Crippen MR) is 139 cm³/mol. The van der Waals surface area contributed by atoms with Crippen LogP contribution < -0.4 is 15.0 Å². The molecule has 0 saturated carbocycles. The molecule has 1 atom stereocenters. The van der Waals surface area contributed by atoms with Gasteiger partial charge in [-0.1, -0.05) is 65.3 Å². The third kappa shape index (κ3) is 5.35. The zero-order valence-electron chi connectivity index (χ0n) is 19.1. The van der Waals surface area contributed by atoms with Crippen molar-refractivity contribution >= 4 is 46.6 Å². The van der Waals surface area contributed by atoms with Gasteiger partial charge in [0.25, 0.3) is 5.91 Å². The van der Waals surface area contributed by atoms with E-state index in [1.54, 1.807) is 31.4 Å². The number of carbonyl (C=O) groups is 2. The first-order valence-electron chi connectivity index (χ1n) is 10.8. The molecule has 0 spiro atoms. The number of halogens is 1. The molecule has 35 heavy (non-hydrogen) atoms. The first kappa shape index (κ1) is 24.4. The number of hydrogen-bond donors (Lipinski definition) is 1. The van der Waals surface area contributed by atoms with Crippen molar-refractivity contribution in [3.05, 3.63) is 99.5 Å². The van der Waals surface area contributed by atoms with Crippen molar-refractivity contribution in [2.75, 3.05) is 17.3 Å². The Hall–Kier alpha value is -3.73. The highest BCUT2D eigenvalue weighted by Gasteiger charge is 2.40. The molecular weight excluding hydrogens is 482 g/mol. The number of nitriles is 1. The zero-order valence-corrected chi connectivity index (χ0v) is 20.7. The molecule has 1 N–H and O–H groups in total. The first-order chi connectivity index (χ1) is 16.9. The van der Waals surface area contributed by atoms with E-state index in [0.717, 1.165) is 11.1 Å². The number of aryl methyl sites for hydroxylation is 1. The van der Waals surface area contributed by atoms with Gasteiger partial charge in [-0.25, -0.2) is 0 Å². The molecule has 0 unspecified atom stereocenters. The molecule has 0 bridgehead atoms. The number of para-hydroxylation sites is 1. The Balaban J connectivity index is 1.73. The molecule has 8 heteroatoms. The molecule has 1 heterocycles. The maximum atomic E-state index is 13.6. The van der Waals surface area contributed by atoms with Crippen LogP contribution in [0.4, 0.5) is 11.4 Å². The molecule has 3 aromatic carbocycles. The lowest BCUT2D eigenvalue weighted by Crippen LogP contribution is -2.31. The molecule has 0 radical (unpaired) electrons. The summed E-state index contributed by atoms with van der Waals surface area (Å²) >= 11 is 7.39. The summed E-state index contributed by atoms with van der Waals surface area (Å²) in [4.78, 5) is 28.2. The smallest absolute Gasteiger partial charge is 0.269 e. The fourth-order valence-electron chi connectivity index (χ4n) is 3.68. The Morgan fingerprint density at radius 2 is 1.89 bits per heavy atom. The molecule has 176 valence electrons. The van der Waals surface area contributed by atoms with Crippen molar-refractivity contribution in [1.29, 1.82) is 5.26 Å². The summed E-state index contributed by atoms with van der Waals surface area (Å²) in [6.07, 6.45) is 0.414. The molecule has 6 nitrogen and oxygen atoms in total. The Morgan fingerprint density at radius 3 is 2.57 bits per heavy atom. The van der Waals surface area contributed by atoms with E-state index >= 15 is 0 Å². The van der Waals surface area contributed by atoms with Crippen LogP contribution in [0.3, 0.4) is 0 Å². The molecule has 3 aromatic rings. The van der Waals surface area contributed by atoms with Crippen LogP contribution in [-0.4, -0.2) is 24.2 Å². The average Bonchev–Trinajstić information content (AvgIpc) is 3.17. The molecule has 2 amide bonds. The Bertz CT molecular complexity index is 1350. The molecule has 4 rings (SSSR count). The van der Waals surface area contributed by atoms with Crippen LogP contribution in [0.1, 0.15) is 11.1 Å². The van der Waals surface area contributed by atoms with E-state index in [0.29, 0.717) is 33.6 Å². The highest BCUT2D eigenvalue weighted by atomic mass is 35.5. The fourth-order valence-corrected chi connectivity index (χ4v) is 5.17. The number of nitrogens with zero attached hydrogens (tertiary/aromatic N) is 2. The van der Waals surface area contributed by atoms with Crippen LogP contribution >= 0.6 is 23.4 Å². The predicted octanol–water partition coefficient (Wildman–Crippen LogP) is 5.72. The first-order valence-corrected chi connectivity index (χ1v) is 12.1. The summed E-state index contributed by atoms with van der Waals surface area (Å²) in [7, 11) is 1.59. The molecule has 0 aliphatic carbocycles. The lowest BCUT2D eigenvalue weighted by molar-refractivity contribution is -0.117. The second kappa shape index (κ2) is 10.7. The number of benzene rings is 3. The topological polar surface area (TPSA) is 82.4 Å². The van der Waals surface area contributed by atoms with Gasteiger partial charge in [0, 0.05) is 5.69 Å². The fraction of sp³-hybridized carbons (Fsp3) is 0.148. The minimum Gasteiger partial charge on any atom is -0.497 e. The third-order valence-electron chi connectivity index (χ3n) is 5.48. The zero-order chi connectivity index (χ0) is 24.9. The number of methoxy groups -OCH3 is 1. The van der Waals surface area contributed by atoms with Crippen molar-refractivity contribution in [1.82, 2.24) is 0 Å². The minimum absolute atomic E-state index is 0.156. The lowest BCUT2D eigenvalue weighted by Gasteiger charge is -2.19. The molecule has 1 aliphatic heterocycles. The van der Waals surface area contributed by atoms with Crippen LogP contribution in [0.2, 0.25) is 5.02 Å².